The second-order valence-electron chi connectivity index (χ2n) is 9.55. The van der Waals surface area contributed by atoms with Gasteiger partial charge in [-0.25, -0.2) is 0 Å². The molecule has 0 saturated carbocycles. The van der Waals surface area contributed by atoms with Crippen molar-refractivity contribution < 1.29 is 21.4 Å². The molecule has 3 rings (SSSR count). The molecule has 0 radical (unpaired) electrons. The fourth-order valence-electron chi connectivity index (χ4n) is 5.07. The summed E-state index contributed by atoms with van der Waals surface area (Å²) in [7, 11) is 0. The van der Waals surface area contributed by atoms with Crippen LogP contribution in [0.2, 0.25) is 9.36 Å². The van der Waals surface area contributed by atoms with Crippen LogP contribution in [-0.2, 0) is 37.5 Å². The third kappa shape index (κ3) is 4.07. The van der Waals surface area contributed by atoms with Gasteiger partial charge in [-0.3, -0.25) is 0 Å². The van der Waals surface area contributed by atoms with Gasteiger partial charge in [-0.1, -0.05) is 0 Å². The first-order valence-electron chi connectivity index (χ1n) is 10.5. The first-order chi connectivity index (χ1) is 11.9. The van der Waals surface area contributed by atoms with Crippen LogP contribution in [0.5, 0.6) is 0 Å². The topological polar surface area (TPSA) is 0 Å². The minimum atomic E-state index is -1.60. The second kappa shape index (κ2) is 7.83. The van der Waals surface area contributed by atoms with Crippen molar-refractivity contribution in [1.82, 2.24) is 0 Å². The molecule has 0 aliphatic heterocycles. The Morgan fingerprint density at radius 3 is 2.24 bits per heavy atom. The van der Waals surface area contributed by atoms with E-state index in [-0.39, 0.29) is 0 Å². The maximum atomic E-state index is 2.65. The fourth-order valence-corrected chi connectivity index (χ4v) is 11.7. The van der Waals surface area contributed by atoms with Crippen LogP contribution < -0.4 is 0 Å². The first-order valence-corrected chi connectivity index (χ1v) is 19.5. The molecule has 2 aliphatic rings. The van der Waals surface area contributed by atoms with E-state index in [1.54, 1.807) is 22.3 Å². The van der Waals surface area contributed by atoms with Crippen molar-refractivity contribution in [1.29, 1.82) is 0 Å². The van der Waals surface area contributed by atoms with Gasteiger partial charge in [0.1, 0.15) is 0 Å². The molecule has 0 amide bonds. The quantitative estimate of drug-likeness (QED) is 0.254. The number of benzene rings is 1. The number of allylic oxidation sites excluding steroid dienone is 1. The van der Waals surface area contributed by atoms with Crippen LogP contribution in [0.1, 0.15) is 88.0 Å². The Kier molecular flexibility index (Phi) is 6.13. The summed E-state index contributed by atoms with van der Waals surface area (Å²) < 4.78 is 5.77. The van der Waals surface area contributed by atoms with Gasteiger partial charge >= 0.3 is 164 Å². The number of rotatable bonds is 8. The van der Waals surface area contributed by atoms with Crippen LogP contribution in [-0.4, -0.2) is 0 Å². The summed E-state index contributed by atoms with van der Waals surface area (Å²) in [6.07, 6.45) is 17.6. The van der Waals surface area contributed by atoms with Gasteiger partial charge in [-0.2, -0.15) is 0 Å². The summed E-state index contributed by atoms with van der Waals surface area (Å²) in [6, 6.07) is 5.20. The average molecular weight is 504 g/mol. The van der Waals surface area contributed by atoms with E-state index in [0.717, 1.165) is 0 Å². The Bertz CT molecular complexity index is 638. The summed E-state index contributed by atoms with van der Waals surface area (Å²) in [5.74, 6) is 0. The Balaban J connectivity index is 1.76. The van der Waals surface area contributed by atoms with E-state index >= 15 is 0 Å². The molecule has 1 unspecified atom stereocenters. The maximum absolute atomic E-state index is 2.65. The van der Waals surface area contributed by atoms with Crippen molar-refractivity contribution in [2.75, 3.05) is 0 Å². The fraction of sp³-hybridized carbons (Fsp3) is 0.667. The van der Waals surface area contributed by atoms with Crippen LogP contribution in [0.15, 0.2) is 18.2 Å². The molecule has 0 aromatic heterocycles. The van der Waals surface area contributed by atoms with Gasteiger partial charge in [0.15, 0.2) is 0 Å². The van der Waals surface area contributed by atoms with Crippen molar-refractivity contribution in [3.8, 4) is 0 Å². The molecule has 0 nitrogen and oxygen atoms in total. The van der Waals surface area contributed by atoms with Crippen molar-refractivity contribution in [2.24, 2.45) is 5.41 Å². The zero-order chi connectivity index (χ0) is 18.1. The molecule has 137 valence electrons. The number of hydrogen-bond donors (Lipinski definition) is 0. The third-order valence-corrected chi connectivity index (χ3v) is 15.4. The summed E-state index contributed by atoms with van der Waals surface area (Å²) in [5, 5.41) is 0. The number of hydrogen-bond acceptors (Lipinski definition) is 0. The SMILES string of the molecule is CCCCCCCC[C]1([Hf]([CH3])[CH3])C=Cc2cc3c(cc21)CC(C)(C)C3. The van der Waals surface area contributed by atoms with E-state index in [1.165, 1.54) is 57.8 Å². The molecule has 1 aromatic carbocycles. The van der Waals surface area contributed by atoms with E-state index in [4.69, 9.17) is 0 Å². The van der Waals surface area contributed by atoms with E-state index in [9.17, 15) is 0 Å². The van der Waals surface area contributed by atoms with Crippen LogP contribution >= 0.6 is 0 Å². The van der Waals surface area contributed by atoms with E-state index in [0.29, 0.717) is 8.59 Å². The van der Waals surface area contributed by atoms with Gasteiger partial charge in [-0.05, 0) is 0 Å². The molecule has 0 heterocycles. The van der Waals surface area contributed by atoms with Gasteiger partial charge in [0.05, 0.1) is 0 Å². The molecular weight excluding hydrogens is 467 g/mol. The normalized spacial score (nSPS) is 22.9. The standard InChI is InChI=1S/C22H31.2CH3.Hf/c1-4-5-6-7-8-9-10-17-11-12-18-13-19-15-22(2,3)16-20(19)14-21(17)18;;;/h11-14H,4-10,15-16H2,1-3H3;2*1H3;. The summed E-state index contributed by atoms with van der Waals surface area (Å²) in [5.41, 5.74) is 7.04. The molecule has 25 heavy (non-hydrogen) atoms. The number of fused-ring (bicyclic) bond motifs is 2. The predicted octanol–water partition coefficient (Wildman–Crippen LogP) is 7.50. The molecule has 2 aliphatic carbocycles. The van der Waals surface area contributed by atoms with Crippen molar-refractivity contribution >= 4 is 6.08 Å². The zero-order valence-electron chi connectivity index (χ0n) is 17.2. The summed E-state index contributed by atoms with van der Waals surface area (Å²) in [6.45, 7) is 7.17. The second-order valence-corrected chi connectivity index (χ2v) is 19.9. The monoisotopic (exact) mass is 505 g/mol. The molecule has 0 fully saturated rings. The zero-order valence-corrected chi connectivity index (χ0v) is 20.8. The Morgan fingerprint density at radius 2 is 1.56 bits per heavy atom. The van der Waals surface area contributed by atoms with Crippen LogP contribution in [0.3, 0.4) is 0 Å². The predicted molar refractivity (Wildman–Crippen MR) is 108 cm³/mol. The minimum absolute atomic E-state index is 0.463. The number of unbranched alkanes of at least 4 members (excludes halogenated alkanes) is 5. The van der Waals surface area contributed by atoms with Crippen LogP contribution in [0.25, 0.3) is 6.08 Å². The molecule has 1 atom stereocenters. The van der Waals surface area contributed by atoms with E-state index in [1.807, 2.05) is 0 Å². The Hall–Kier alpha value is -0.170. The van der Waals surface area contributed by atoms with Gasteiger partial charge in [-0.15, -0.1) is 0 Å². The van der Waals surface area contributed by atoms with Gasteiger partial charge in [0.2, 0.25) is 0 Å². The Morgan fingerprint density at radius 1 is 0.920 bits per heavy atom. The molecule has 0 N–H and O–H groups in total. The molecule has 0 bridgehead atoms. The molecule has 0 spiro atoms. The molecule has 1 aromatic rings. The van der Waals surface area contributed by atoms with Gasteiger partial charge in [0, 0.05) is 0 Å². The van der Waals surface area contributed by atoms with Crippen molar-refractivity contribution in [3.05, 3.63) is 40.5 Å². The van der Waals surface area contributed by atoms with Crippen molar-refractivity contribution in [2.45, 2.75) is 91.1 Å². The van der Waals surface area contributed by atoms with E-state index < -0.39 is 21.4 Å². The molecule has 0 saturated heterocycles. The third-order valence-electron chi connectivity index (χ3n) is 6.55. The first kappa shape index (κ1) is 19.6. The molecular formula is C24H37Hf. The van der Waals surface area contributed by atoms with Crippen molar-refractivity contribution in [3.63, 3.8) is 0 Å². The van der Waals surface area contributed by atoms with Crippen LogP contribution in [0, 0.1) is 5.41 Å². The van der Waals surface area contributed by atoms with Crippen LogP contribution in [0.4, 0.5) is 0 Å². The Labute approximate surface area is 164 Å². The summed E-state index contributed by atoms with van der Waals surface area (Å²) >= 11 is -1.60. The summed E-state index contributed by atoms with van der Waals surface area (Å²) in [4.78, 5) is 0. The molecule has 1 heteroatoms. The van der Waals surface area contributed by atoms with E-state index in [2.05, 4.69) is 54.4 Å². The van der Waals surface area contributed by atoms with Gasteiger partial charge in [0.25, 0.3) is 0 Å². The average Bonchev–Trinajstić information content (AvgIpc) is 3.04. The van der Waals surface area contributed by atoms with Gasteiger partial charge < -0.3 is 0 Å².